The Morgan fingerprint density at radius 3 is 2.57 bits per heavy atom. The Balaban J connectivity index is 1.53. The highest BCUT2D eigenvalue weighted by atomic mass is 16.2. The topological polar surface area (TPSA) is 54.3 Å². The molecule has 5 nitrogen and oxygen atoms in total. The maximum atomic E-state index is 12.3. The van der Waals surface area contributed by atoms with Gasteiger partial charge in [0.1, 0.15) is 0 Å². The number of anilines is 1. The Labute approximate surface area is 165 Å². The van der Waals surface area contributed by atoms with Crippen molar-refractivity contribution in [3.63, 3.8) is 0 Å². The van der Waals surface area contributed by atoms with Gasteiger partial charge < -0.3 is 14.8 Å². The summed E-state index contributed by atoms with van der Waals surface area (Å²) in [7, 11) is 1.67. The first-order valence-corrected chi connectivity index (χ1v) is 9.34. The average molecular weight is 375 g/mol. The average Bonchev–Trinajstić information content (AvgIpc) is 3.05. The van der Waals surface area contributed by atoms with E-state index in [1.165, 1.54) is 27.6 Å². The second-order valence-electron chi connectivity index (χ2n) is 6.75. The molecular formula is C23H25N3O2. The minimum absolute atomic E-state index is 0.113. The number of aromatic nitrogens is 1. The van der Waals surface area contributed by atoms with Crippen LogP contribution in [0, 0.1) is 6.92 Å². The van der Waals surface area contributed by atoms with Gasteiger partial charge in [0.05, 0.1) is 0 Å². The SMILES string of the molecule is C=CC(=O)N(C)c1ccc(C(=O)NCCCn2c(C)cc3ccccc32)cc1. The van der Waals surface area contributed by atoms with Crippen LogP contribution >= 0.6 is 0 Å². The van der Waals surface area contributed by atoms with E-state index in [0.717, 1.165) is 18.7 Å². The van der Waals surface area contributed by atoms with Crippen molar-refractivity contribution >= 4 is 28.4 Å². The van der Waals surface area contributed by atoms with Gasteiger partial charge in [0.15, 0.2) is 0 Å². The molecule has 3 aromatic rings. The zero-order valence-corrected chi connectivity index (χ0v) is 16.3. The normalized spacial score (nSPS) is 10.6. The van der Waals surface area contributed by atoms with Gasteiger partial charge in [0.2, 0.25) is 5.91 Å². The summed E-state index contributed by atoms with van der Waals surface area (Å²) in [5.41, 5.74) is 3.74. The lowest BCUT2D eigenvalue weighted by Crippen LogP contribution is -2.26. The molecule has 1 heterocycles. The standard InChI is InChI=1S/C23H25N3O2/c1-4-22(27)25(3)20-12-10-18(11-13-20)23(28)24-14-7-15-26-17(2)16-19-8-5-6-9-21(19)26/h4-6,8-13,16H,1,7,14-15H2,2-3H3,(H,24,28). The molecular weight excluding hydrogens is 350 g/mol. The predicted molar refractivity (Wildman–Crippen MR) is 114 cm³/mol. The molecule has 0 spiro atoms. The van der Waals surface area contributed by atoms with Crippen LogP contribution in [-0.2, 0) is 11.3 Å². The highest BCUT2D eigenvalue weighted by Gasteiger charge is 2.10. The molecule has 144 valence electrons. The highest BCUT2D eigenvalue weighted by Crippen LogP contribution is 2.19. The summed E-state index contributed by atoms with van der Waals surface area (Å²) in [6, 6.07) is 17.5. The third-order valence-electron chi connectivity index (χ3n) is 4.88. The molecule has 0 saturated carbocycles. The van der Waals surface area contributed by atoms with Crippen molar-refractivity contribution < 1.29 is 9.59 Å². The van der Waals surface area contributed by atoms with E-state index >= 15 is 0 Å². The van der Waals surface area contributed by atoms with Gasteiger partial charge in [0.25, 0.3) is 5.91 Å². The van der Waals surface area contributed by atoms with Crippen molar-refractivity contribution in [2.24, 2.45) is 0 Å². The molecule has 0 atom stereocenters. The number of likely N-dealkylation sites (N-methyl/N-ethyl adjacent to an activating group) is 1. The molecule has 0 unspecified atom stereocenters. The van der Waals surface area contributed by atoms with Crippen LogP contribution in [0.1, 0.15) is 22.5 Å². The number of carbonyl (C=O) groups excluding carboxylic acids is 2. The van der Waals surface area contributed by atoms with Crippen LogP contribution in [0.4, 0.5) is 5.69 Å². The van der Waals surface area contributed by atoms with Gasteiger partial charge in [-0.15, -0.1) is 0 Å². The Bertz CT molecular complexity index is 1000. The second kappa shape index (κ2) is 8.57. The fourth-order valence-corrected chi connectivity index (χ4v) is 3.29. The zero-order chi connectivity index (χ0) is 20.1. The lowest BCUT2D eigenvalue weighted by Gasteiger charge is -2.15. The molecule has 0 aliphatic heterocycles. The third kappa shape index (κ3) is 4.14. The van der Waals surface area contributed by atoms with Crippen LogP contribution in [0.15, 0.2) is 67.3 Å². The van der Waals surface area contributed by atoms with Gasteiger partial charge in [-0.3, -0.25) is 9.59 Å². The Morgan fingerprint density at radius 2 is 1.86 bits per heavy atom. The number of aryl methyl sites for hydroxylation is 2. The van der Waals surface area contributed by atoms with Gasteiger partial charge in [0, 0.05) is 42.6 Å². The van der Waals surface area contributed by atoms with Crippen LogP contribution in [0.2, 0.25) is 0 Å². The molecule has 0 bridgehead atoms. The molecule has 1 aromatic heterocycles. The quantitative estimate of drug-likeness (QED) is 0.503. The Hall–Kier alpha value is -3.34. The molecule has 0 aliphatic rings. The molecule has 0 fully saturated rings. The number of nitrogens with zero attached hydrogens (tertiary/aromatic N) is 2. The second-order valence-corrected chi connectivity index (χ2v) is 6.75. The van der Waals surface area contributed by atoms with Gasteiger partial charge in [-0.1, -0.05) is 24.8 Å². The first-order chi connectivity index (χ1) is 13.5. The summed E-state index contributed by atoms with van der Waals surface area (Å²) in [5, 5.41) is 4.20. The molecule has 0 saturated heterocycles. The number of fused-ring (bicyclic) bond motifs is 1. The summed E-state index contributed by atoms with van der Waals surface area (Å²) >= 11 is 0. The van der Waals surface area contributed by atoms with Crippen LogP contribution < -0.4 is 10.2 Å². The van der Waals surface area contributed by atoms with Crippen molar-refractivity contribution in [2.45, 2.75) is 19.9 Å². The lowest BCUT2D eigenvalue weighted by molar-refractivity contribution is -0.113. The van der Waals surface area contributed by atoms with Crippen molar-refractivity contribution in [3.8, 4) is 0 Å². The number of hydrogen-bond donors (Lipinski definition) is 1. The van der Waals surface area contributed by atoms with Crippen molar-refractivity contribution in [3.05, 3.63) is 78.5 Å². The number of carbonyl (C=O) groups is 2. The van der Waals surface area contributed by atoms with Crippen molar-refractivity contribution in [2.75, 3.05) is 18.5 Å². The molecule has 5 heteroatoms. The van der Waals surface area contributed by atoms with Crippen molar-refractivity contribution in [1.82, 2.24) is 9.88 Å². The highest BCUT2D eigenvalue weighted by molar-refractivity contribution is 6.01. The summed E-state index contributed by atoms with van der Waals surface area (Å²) in [4.78, 5) is 25.5. The molecule has 3 rings (SSSR count). The van der Waals surface area contributed by atoms with Crippen LogP contribution in [-0.4, -0.2) is 30.0 Å². The number of rotatable bonds is 7. The van der Waals surface area contributed by atoms with E-state index in [1.807, 2.05) is 12.1 Å². The number of hydrogen-bond acceptors (Lipinski definition) is 2. The fraction of sp³-hybridized carbons (Fsp3) is 0.217. The number of nitrogens with one attached hydrogen (secondary N) is 1. The minimum Gasteiger partial charge on any atom is -0.352 e. The monoisotopic (exact) mass is 375 g/mol. The Morgan fingerprint density at radius 1 is 1.14 bits per heavy atom. The lowest BCUT2D eigenvalue weighted by atomic mass is 10.2. The summed E-state index contributed by atoms with van der Waals surface area (Å²) in [6.07, 6.45) is 2.11. The molecule has 2 aromatic carbocycles. The Kier molecular flexibility index (Phi) is 5.94. The van der Waals surface area contributed by atoms with E-state index in [1.54, 1.807) is 31.3 Å². The minimum atomic E-state index is -0.190. The predicted octanol–water partition coefficient (Wildman–Crippen LogP) is 3.92. The van der Waals surface area contributed by atoms with Gasteiger partial charge in [-0.25, -0.2) is 0 Å². The van der Waals surface area contributed by atoms with Gasteiger partial charge in [-0.2, -0.15) is 0 Å². The molecule has 2 amide bonds. The largest absolute Gasteiger partial charge is 0.352 e. The van der Waals surface area contributed by atoms with Crippen molar-refractivity contribution in [1.29, 1.82) is 0 Å². The van der Waals surface area contributed by atoms with Gasteiger partial charge in [-0.05, 0) is 61.2 Å². The van der Waals surface area contributed by atoms with Gasteiger partial charge >= 0.3 is 0 Å². The van der Waals surface area contributed by atoms with E-state index in [4.69, 9.17) is 0 Å². The summed E-state index contributed by atoms with van der Waals surface area (Å²) in [6.45, 7) is 7.04. The van der Waals surface area contributed by atoms with E-state index in [2.05, 4.69) is 41.6 Å². The molecule has 0 aliphatic carbocycles. The fourth-order valence-electron chi connectivity index (χ4n) is 3.29. The van der Waals surface area contributed by atoms with Crippen LogP contribution in [0.5, 0.6) is 0 Å². The molecule has 0 radical (unpaired) electrons. The van der Waals surface area contributed by atoms with E-state index in [-0.39, 0.29) is 11.8 Å². The third-order valence-corrected chi connectivity index (χ3v) is 4.88. The molecule has 28 heavy (non-hydrogen) atoms. The van der Waals surface area contributed by atoms with E-state index in [9.17, 15) is 9.59 Å². The van der Waals surface area contributed by atoms with E-state index < -0.39 is 0 Å². The van der Waals surface area contributed by atoms with Crippen LogP contribution in [0.25, 0.3) is 10.9 Å². The first-order valence-electron chi connectivity index (χ1n) is 9.34. The first kappa shape index (κ1) is 19.4. The smallest absolute Gasteiger partial charge is 0.251 e. The summed E-state index contributed by atoms with van der Waals surface area (Å²) < 4.78 is 2.28. The maximum Gasteiger partial charge on any atom is 0.251 e. The maximum absolute atomic E-state index is 12.3. The number of para-hydroxylation sites is 1. The van der Waals surface area contributed by atoms with E-state index in [0.29, 0.717) is 12.1 Å². The van der Waals surface area contributed by atoms with Crippen LogP contribution in [0.3, 0.4) is 0 Å². The number of benzene rings is 2. The summed E-state index contributed by atoms with van der Waals surface area (Å²) in [5.74, 6) is -0.302. The zero-order valence-electron chi connectivity index (χ0n) is 16.3. The number of amides is 2. The molecule has 1 N–H and O–H groups in total.